The molecule has 0 aromatic heterocycles. The van der Waals surface area contributed by atoms with E-state index in [1.165, 1.54) is 0 Å². The summed E-state index contributed by atoms with van der Waals surface area (Å²) in [5.41, 5.74) is 1.38. The summed E-state index contributed by atoms with van der Waals surface area (Å²) >= 11 is 0. The van der Waals surface area contributed by atoms with Crippen LogP contribution in [0, 0.1) is 5.82 Å². The summed E-state index contributed by atoms with van der Waals surface area (Å²) < 4.78 is 20.5. The van der Waals surface area contributed by atoms with Crippen LogP contribution in [0.3, 0.4) is 0 Å². The number of carboxylic acids is 1. The number of ether oxygens (including phenoxy) is 1. The maximum Gasteiger partial charge on any atom is 0.335 e. The van der Waals surface area contributed by atoms with Crippen molar-refractivity contribution in [3.63, 3.8) is 0 Å². The third-order valence-electron chi connectivity index (χ3n) is 6.18. The lowest BCUT2D eigenvalue weighted by Gasteiger charge is -2.42. The number of rotatable bonds is 4. The fourth-order valence-electron chi connectivity index (χ4n) is 4.81. The van der Waals surface area contributed by atoms with Crippen molar-refractivity contribution in [2.24, 2.45) is 0 Å². The monoisotopic (exact) mass is 348 g/mol. The van der Waals surface area contributed by atoms with Crippen molar-refractivity contribution in [2.75, 3.05) is 26.7 Å². The number of halogens is 1. The fourth-order valence-corrected chi connectivity index (χ4v) is 4.81. The van der Waals surface area contributed by atoms with Gasteiger partial charge in [0, 0.05) is 31.7 Å². The molecule has 3 atom stereocenters. The van der Waals surface area contributed by atoms with Crippen LogP contribution in [0.15, 0.2) is 12.1 Å². The minimum Gasteiger partial charge on any atom is -0.478 e. The van der Waals surface area contributed by atoms with Crippen molar-refractivity contribution >= 4 is 5.97 Å². The van der Waals surface area contributed by atoms with Gasteiger partial charge in [-0.25, -0.2) is 9.18 Å². The van der Waals surface area contributed by atoms with Gasteiger partial charge in [0.15, 0.2) is 0 Å². The second-order valence-corrected chi connectivity index (χ2v) is 7.84. The van der Waals surface area contributed by atoms with Crippen LogP contribution in [0.25, 0.3) is 0 Å². The molecule has 3 heterocycles. The van der Waals surface area contributed by atoms with Crippen LogP contribution in [-0.2, 0) is 17.7 Å². The lowest BCUT2D eigenvalue weighted by Crippen LogP contribution is -2.52. The van der Waals surface area contributed by atoms with Gasteiger partial charge in [0.1, 0.15) is 5.82 Å². The minimum atomic E-state index is -1.08. The van der Waals surface area contributed by atoms with E-state index in [-0.39, 0.29) is 23.0 Å². The van der Waals surface area contributed by atoms with Crippen molar-refractivity contribution in [3.05, 3.63) is 34.6 Å². The SMILES string of the molecule is CC[C@@H]1Cc2c(F)cc(C(=O)O)cc2CN1C[C@]12C[C@H](CO1)N(C)C2. The number of carboxylic acid groups (broad SMARTS) is 1. The molecular weight excluding hydrogens is 323 g/mol. The normalized spacial score (nSPS) is 32.1. The zero-order chi connectivity index (χ0) is 17.8. The molecule has 2 bridgehead atoms. The summed E-state index contributed by atoms with van der Waals surface area (Å²) in [6.45, 7) is 5.26. The first-order valence-corrected chi connectivity index (χ1v) is 9.03. The first kappa shape index (κ1) is 16.9. The van der Waals surface area contributed by atoms with Crippen LogP contribution >= 0.6 is 0 Å². The topological polar surface area (TPSA) is 53.0 Å². The number of benzene rings is 1. The molecule has 0 unspecified atom stereocenters. The smallest absolute Gasteiger partial charge is 0.335 e. The number of nitrogens with zero attached hydrogens (tertiary/aromatic N) is 2. The van der Waals surface area contributed by atoms with Gasteiger partial charge in [0.25, 0.3) is 0 Å². The van der Waals surface area contributed by atoms with E-state index in [0.29, 0.717) is 24.6 Å². The summed E-state index contributed by atoms with van der Waals surface area (Å²) in [6.07, 6.45) is 2.62. The summed E-state index contributed by atoms with van der Waals surface area (Å²) in [5, 5.41) is 9.21. The molecule has 0 saturated carbocycles. The molecule has 1 aromatic rings. The largest absolute Gasteiger partial charge is 0.478 e. The van der Waals surface area contributed by atoms with Gasteiger partial charge < -0.3 is 9.84 Å². The van der Waals surface area contributed by atoms with Gasteiger partial charge in [0.05, 0.1) is 17.8 Å². The Morgan fingerprint density at radius 1 is 1.48 bits per heavy atom. The molecule has 3 aliphatic rings. The number of fused-ring (bicyclic) bond motifs is 3. The first-order valence-electron chi connectivity index (χ1n) is 9.03. The van der Waals surface area contributed by atoms with Crippen LogP contribution in [0.2, 0.25) is 0 Å². The number of hydrogen-bond donors (Lipinski definition) is 1. The molecule has 25 heavy (non-hydrogen) atoms. The molecule has 3 aliphatic heterocycles. The van der Waals surface area contributed by atoms with Crippen molar-refractivity contribution in [3.8, 4) is 0 Å². The molecular formula is C19H25FN2O3. The minimum absolute atomic E-state index is 0.0297. The van der Waals surface area contributed by atoms with E-state index < -0.39 is 5.97 Å². The van der Waals surface area contributed by atoms with E-state index in [0.717, 1.165) is 44.2 Å². The lowest BCUT2D eigenvalue weighted by atomic mass is 9.89. The first-order chi connectivity index (χ1) is 11.9. The van der Waals surface area contributed by atoms with E-state index in [1.807, 2.05) is 0 Å². The molecule has 0 amide bonds. The van der Waals surface area contributed by atoms with Gasteiger partial charge in [-0.2, -0.15) is 0 Å². The van der Waals surface area contributed by atoms with Crippen LogP contribution in [-0.4, -0.2) is 65.3 Å². The van der Waals surface area contributed by atoms with E-state index in [1.54, 1.807) is 6.07 Å². The Balaban J connectivity index is 1.61. The highest BCUT2D eigenvalue weighted by Gasteiger charge is 2.51. The Kier molecular flexibility index (Phi) is 4.09. The van der Waals surface area contributed by atoms with Gasteiger partial charge in [-0.3, -0.25) is 9.80 Å². The summed E-state index contributed by atoms with van der Waals surface area (Å²) in [7, 11) is 2.15. The van der Waals surface area contributed by atoms with Crippen LogP contribution in [0.5, 0.6) is 0 Å². The maximum atomic E-state index is 14.4. The second-order valence-electron chi connectivity index (χ2n) is 7.84. The number of carbonyl (C=O) groups is 1. The molecule has 6 heteroatoms. The molecule has 4 rings (SSSR count). The zero-order valence-corrected chi connectivity index (χ0v) is 14.8. The fraction of sp³-hybridized carbons (Fsp3) is 0.632. The molecule has 5 nitrogen and oxygen atoms in total. The van der Waals surface area contributed by atoms with E-state index in [4.69, 9.17) is 4.74 Å². The highest BCUT2D eigenvalue weighted by atomic mass is 19.1. The van der Waals surface area contributed by atoms with Crippen molar-refractivity contribution < 1.29 is 19.0 Å². The number of hydrogen-bond acceptors (Lipinski definition) is 4. The predicted octanol–water partition coefficient (Wildman–Crippen LogP) is 2.13. The molecule has 136 valence electrons. The Morgan fingerprint density at radius 2 is 2.28 bits per heavy atom. The van der Waals surface area contributed by atoms with Crippen LogP contribution in [0.4, 0.5) is 4.39 Å². The molecule has 1 N–H and O–H groups in total. The van der Waals surface area contributed by atoms with Crippen LogP contribution in [0.1, 0.15) is 41.3 Å². The number of likely N-dealkylation sites (tertiary alicyclic amines) is 1. The zero-order valence-electron chi connectivity index (χ0n) is 14.8. The number of morpholine rings is 1. The van der Waals surface area contributed by atoms with Gasteiger partial charge in [0.2, 0.25) is 0 Å². The molecule has 0 spiro atoms. The molecule has 1 aromatic carbocycles. The standard InChI is InChI=1S/C19H25FN2O3/c1-3-14-6-16-13(4-12(18(23)24)5-17(16)20)8-22(14)11-19-7-15(9-25-19)21(2)10-19/h4-5,14-15H,3,6-11H2,1-2H3,(H,23,24)/t14-,15-,19-/m1/s1. The van der Waals surface area contributed by atoms with Crippen molar-refractivity contribution in [2.45, 2.75) is 50.4 Å². The third-order valence-corrected chi connectivity index (χ3v) is 6.18. The van der Waals surface area contributed by atoms with E-state index >= 15 is 0 Å². The highest BCUT2D eigenvalue weighted by molar-refractivity contribution is 5.88. The van der Waals surface area contributed by atoms with E-state index in [2.05, 4.69) is 23.8 Å². The average molecular weight is 348 g/mol. The number of likely N-dealkylation sites (N-methyl/N-ethyl adjacent to an activating group) is 1. The van der Waals surface area contributed by atoms with Gasteiger partial charge in [-0.1, -0.05) is 6.92 Å². The Hall–Kier alpha value is -1.50. The predicted molar refractivity (Wildman–Crippen MR) is 91.3 cm³/mol. The molecule has 2 fully saturated rings. The van der Waals surface area contributed by atoms with Crippen LogP contribution < -0.4 is 0 Å². The molecule has 0 aliphatic carbocycles. The Labute approximate surface area is 147 Å². The van der Waals surface area contributed by atoms with E-state index in [9.17, 15) is 14.3 Å². The summed E-state index contributed by atoms with van der Waals surface area (Å²) in [4.78, 5) is 16.0. The maximum absolute atomic E-state index is 14.4. The third kappa shape index (κ3) is 2.86. The van der Waals surface area contributed by atoms with Gasteiger partial charge >= 0.3 is 5.97 Å². The summed E-state index contributed by atoms with van der Waals surface area (Å²) in [6, 6.07) is 3.56. The second kappa shape index (κ2) is 6.04. The quantitative estimate of drug-likeness (QED) is 0.903. The van der Waals surface area contributed by atoms with Crippen molar-refractivity contribution in [1.29, 1.82) is 0 Å². The Morgan fingerprint density at radius 3 is 2.88 bits per heavy atom. The highest BCUT2D eigenvalue weighted by Crippen LogP contribution is 2.39. The lowest BCUT2D eigenvalue weighted by molar-refractivity contribution is -0.0661. The molecule has 0 radical (unpaired) electrons. The number of aromatic carboxylic acids is 1. The van der Waals surface area contributed by atoms with Gasteiger partial charge in [-0.15, -0.1) is 0 Å². The van der Waals surface area contributed by atoms with Gasteiger partial charge in [-0.05, 0) is 49.6 Å². The van der Waals surface area contributed by atoms with Crippen molar-refractivity contribution in [1.82, 2.24) is 9.80 Å². The Bertz CT molecular complexity index is 706. The summed E-state index contributed by atoms with van der Waals surface area (Å²) in [5.74, 6) is -1.47. The average Bonchev–Trinajstić information content (AvgIpc) is 3.11. The molecule has 2 saturated heterocycles.